The first kappa shape index (κ1) is 32.3. The Bertz CT molecular complexity index is 112. The standard InChI is InChI=1S/2C6H16N2.2BrH.Ni/c2*1-3-8(4-2)6-5-7;;;/h2*3-7H2,1-2H3;2*1H;/q;;;;+2/p-2. The fourth-order valence-corrected chi connectivity index (χ4v) is 1.44. The van der Waals surface area contributed by atoms with Crippen LogP contribution in [0.25, 0.3) is 0 Å². The van der Waals surface area contributed by atoms with Crippen molar-refractivity contribution < 1.29 is 50.5 Å². The minimum absolute atomic E-state index is 0. The molecular weight excluding hydrogens is 419 g/mol. The number of hydrogen-bond acceptors (Lipinski definition) is 4. The van der Waals surface area contributed by atoms with E-state index in [4.69, 9.17) is 11.5 Å². The zero-order chi connectivity index (χ0) is 12.8. The molecule has 0 aromatic heterocycles. The van der Waals surface area contributed by atoms with Crippen LogP contribution in [0.5, 0.6) is 0 Å². The molecular formula is C12H32Br2N4Ni. The molecule has 0 aliphatic rings. The van der Waals surface area contributed by atoms with E-state index in [1.807, 2.05) is 0 Å². The van der Waals surface area contributed by atoms with Crippen LogP contribution >= 0.6 is 0 Å². The van der Waals surface area contributed by atoms with Crippen molar-refractivity contribution in [3.63, 3.8) is 0 Å². The predicted molar refractivity (Wildman–Crippen MR) is 73.7 cm³/mol. The number of nitrogens with zero attached hydrogens (tertiary/aromatic N) is 2. The molecule has 0 spiro atoms. The largest absolute Gasteiger partial charge is 2.00 e. The Morgan fingerprint density at radius 1 is 0.632 bits per heavy atom. The smallest absolute Gasteiger partial charge is 1.00 e. The van der Waals surface area contributed by atoms with Crippen LogP contribution in [0.2, 0.25) is 0 Å². The molecule has 0 atom stereocenters. The Kier molecular flexibility index (Phi) is 46.9. The van der Waals surface area contributed by atoms with Crippen LogP contribution in [0.4, 0.5) is 0 Å². The van der Waals surface area contributed by atoms with Gasteiger partial charge in [0.25, 0.3) is 0 Å². The van der Waals surface area contributed by atoms with Crippen molar-refractivity contribution in [2.45, 2.75) is 27.7 Å². The van der Waals surface area contributed by atoms with Gasteiger partial charge in [-0.05, 0) is 26.2 Å². The van der Waals surface area contributed by atoms with E-state index in [1.165, 1.54) is 0 Å². The summed E-state index contributed by atoms with van der Waals surface area (Å²) in [6, 6.07) is 0. The summed E-state index contributed by atoms with van der Waals surface area (Å²) in [7, 11) is 0. The third-order valence-corrected chi connectivity index (χ3v) is 2.68. The maximum atomic E-state index is 5.34. The average Bonchev–Trinajstić information content (AvgIpc) is 2.33. The van der Waals surface area contributed by atoms with Crippen LogP contribution in [0, 0.1) is 0 Å². The SMILES string of the molecule is CCN(CC)CCN.CCN(CC)CCN.[Br-].[Br-].[Ni+2]. The summed E-state index contributed by atoms with van der Waals surface area (Å²) in [6.07, 6.45) is 0. The summed E-state index contributed by atoms with van der Waals surface area (Å²) in [5.74, 6) is 0. The van der Waals surface area contributed by atoms with E-state index in [0.717, 1.165) is 52.4 Å². The molecule has 0 rings (SSSR count). The van der Waals surface area contributed by atoms with E-state index in [1.54, 1.807) is 0 Å². The molecule has 0 saturated carbocycles. The first-order valence-electron chi connectivity index (χ1n) is 6.54. The van der Waals surface area contributed by atoms with Gasteiger partial charge in [-0.15, -0.1) is 0 Å². The second-order valence-corrected chi connectivity index (χ2v) is 3.63. The van der Waals surface area contributed by atoms with Gasteiger partial charge >= 0.3 is 16.5 Å². The quantitative estimate of drug-likeness (QED) is 0.363. The molecule has 0 heterocycles. The maximum Gasteiger partial charge on any atom is 2.00 e. The normalized spacial score (nSPS) is 8.84. The van der Waals surface area contributed by atoms with Crippen LogP contribution in [-0.4, -0.2) is 62.2 Å². The summed E-state index contributed by atoms with van der Waals surface area (Å²) in [6.45, 7) is 16.7. The van der Waals surface area contributed by atoms with Crippen LogP contribution in [-0.2, 0) is 16.5 Å². The van der Waals surface area contributed by atoms with E-state index in [9.17, 15) is 0 Å². The molecule has 19 heavy (non-hydrogen) atoms. The molecule has 0 aliphatic heterocycles. The number of nitrogens with two attached hydrogens (primary N) is 2. The van der Waals surface area contributed by atoms with Crippen molar-refractivity contribution in [3.8, 4) is 0 Å². The third kappa shape index (κ3) is 24.7. The number of hydrogen-bond donors (Lipinski definition) is 2. The van der Waals surface area contributed by atoms with Crippen LogP contribution < -0.4 is 45.4 Å². The molecule has 4 nitrogen and oxygen atoms in total. The van der Waals surface area contributed by atoms with Gasteiger partial charge in [0.15, 0.2) is 0 Å². The van der Waals surface area contributed by atoms with Crippen molar-refractivity contribution in [2.24, 2.45) is 11.5 Å². The first-order chi connectivity index (χ1) is 7.69. The monoisotopic (exact) mass is 448 g/mol. The van der Waals surface area contributed by atoms with Gasteiger partial charge in [-0.3, -0.25) is 0 Å². The van der Waals surface area contributed by atoms with Crippen LogP contribution in [0.1, 0.15) is 27.7 Å². The predicted octanol–water partition coefficient (Wildman–Crippen LogP) is -5.42. The van der Waals surface area contributed by atoms with Crippen LogP contribution in [0.15, 0.2) is 0 Å². The van der Waals surface area contributed by atoms with E-state index >= 15 is 0 Å². The van der Waals surface area contributed by atoms with Crippen molar-refractivity contribution in [1.82, 2.24) is 9.80 Å². The van der Waals surface area contributed by atoms with Gasteiger partial charge in [0.05, 0.1) is 0 Å². The second-order valence-electron chi connectivity index (χ2n) is 3.63. The Hall–Kier alpha value is 1.29. The van der Waals surface area contributed by atoms with Gasteiger partial charge in [0, 0.05) is 26.2 Å². The molecule has 0 aromatic carbocycles. The summed E-state index contributed by atoms with van der Waals surface area (Å²) in [4.78, 5) is 4.61. The van der Waals surface area contributed by atoms with Crippen molar-refractivity contribution in [3.05, 3.63) is 0 Å². The molecule has 0 radical (unpaired) electrons. The molecule has 0 aliphatic carbocycles. The van der Waals surface area contributed by atoms with Crippen molar-refractivity contribution in [2.75, 3.05) is 52.4 Å². The van der Waals surface area contributed by atoms with E-state index in [-0.39, 0.29) is 50.5 Å². The van der Waals surface area contributed by atoms with E-state index < -0.39 is 0 Å². The van der Waals surface area contributed by atoms with Gasteiger partial charge in [0.1, 0.15) is 0 Å². The Morgan fingerprint density at radius 2 is 0.842 bits per heavy atom. The average molecular weight is 451 g/mol. The Labute approximate surface area is 151 Å². The number of halogens is 2. The molecule has 0 amide bonds. The van der Waals surface area contributed by atoms with Crippen molar-refractivity contribution >= 4 is 0 Å². The minimum atomic E-state index is 0. The molecule has 0 unspecified atom stereocenters. The topological polar surface area (TPSA) is 58.5 Å². The Morgan fingerprint density at radius 3 is 0.895 bits per heavy atom. The molecule has 4 N–H and O–H groups in total. The summed E-state index contributed by atoms with van der Waals surface area (Å²) in [5.41, 5.74) is 10.7. The zero-order valence-corrected chi connectivity index (χ0v) is 16.9. The maximum absolute atomic E-state index is 5.34. The second kappa shape index (κ2) is 27.6. The number of rotatable bonds is 8. The Balaban J connectivity index is -0.0000000594. The van der Waals surface area contributed by atoms with Gasteiger partial charge < -0.3 is 55.2 Å². The van der Waals surface area contributed by atoms with Gasteiger partial charge in [0.2, 0.25) is 0 Å². The first-order valence-corrected chi connectivity index (χ1v) is 6.54. The number of likely N-dealkylation sites (N-methyl/N-ethyl adjacent to an activating group) is 2. The van der Waals surface area contributed by atoms with Gasteiger partial charge in [-0.25, -0.2) is 0 Å². The fraction of sp³-hybridized carbons (Fsp3) is 1.00. The molecule has 0 fully saturated rings. The molecule has 0 saturated heterocycles. The summed E-state index contributed by atoms with van der Waals surface area (Å²) < 4.78 is 0. The fourth-order valence-electron chi connectivity index (χ4n) is 1.44. The molecule has 7 heteroatoms. The van der Waals surface area contributed by atoms with E-state index in [2.05, 4.69) is 37.5 Å². The minimum Gasteiger partial charge on any atom is -1.00 e. The van der Waals surface area contributed by atoms with Crippen molar-refractivity contribution in [1.29, 1.82) is 0 Å². The molecule has 0 bridgehead atoms. The van der Waals surface area contributed by atoms with Gasteiger partial charge in [-0.2, -0.15) is 0 Å². The zero-order valence-electron chi connectivity index (χ0n) is 12.8. The van der Waals surface area contributed by atoms with Gasteiger partial charge in [-0.1, -0.05) is 27.7 Å². The van der Waals surface area contributed by atoms with E-state index in [0.29, 0.717) is 0 Å². The molecule has 124 valence electrons. The third-order valence-electron chi connectivity index (χ3n) is 2.68. The van der Waals surface area contributed by atoms with Crippen LogP contribution in [0.3, 0.4) is 0 Å². The summed E-state index contributed by atoms with van der Waals surface area (Å²) in [5, 5.41) is 0. The summed E-state index contributed by atoms with van der Waals surface area (Å²) >= 11 is 0. The molecule has 0 aromatic rings.